The van der Waals surface area contributed by atoms with Gasteiger partial charge in [0.1, 0.15) is 0 Å². The van der Waals surface area contributed by atoms with E-state index in [0.29, 0.717) is 11.6 Å². The fourth-order valence-corrected chi connectivity index (χ4v) is 1.34. The average molecular weight is 143 g/mol. The summed E-state index contributed by atoms with van der Waals surface area (Å²) in [5, 5.41) is 0. The summed E-state index contributed by atoms with van der Waals surface area (Å²) in [6.45, 7) is 8.81. The topological polar surface area (TPSA) is 12.2 Å². The van der Waals surface area contributed by atoms with Crippen LogP contribution >= 0.6 is 0 Å². The van der Waals surface area contributed by atoms with Crippen molar-refractivity contribution in [3.05, 3.63) is 0 Å². The zero-order chi connectivity index (χ0) is 7.78. The summed E-state index contributed by atoms with van der Waals surface area (Å²) in [6, 6.07) is 0.685. The summed E-state index contributed by atoms with van der Waals surface area (Å²) in [6.07, 6.45) is 0. The Hall–Kier alpha value is -0.0800. The SMILES string of the molecule is COCC1CN1C(C)(C)C. The summed E-state index contributed by atoms with van der Waals surface area (Å²) < 4.78 is 5.05. The van der Waals surface area contributed by atoms with Gasteiger partial charge in [-0.2, -0.15) is 0 Å². The molecule has 0 N–H and O–H groups in total. The molecule has 1 rings (SSSR count). The molecule has 1 heterocycles. The van der Waals surface area contributed by atoms with Gasteiger partial charge in [0.25, 0.3) is 0 Å². The first-order valence-corrected chi connectivity index (χ1v) is 3.81. The van der Waals surface area contributed by atoms with Gasteiger partial charge in [-0.05, 0) is 20.8 Å². The third-order valence-electron chi connectivity index (χ3n) is 1.94. The molecule has 0 amide bonds. The van der Waals surface area contributed by atoms with Crippen molar-refractivity contribution in [2.24, 2.45) is 0 Å². The molecule has 0 aromatic carbocycles. The van der Waals surface area contributed by atoms with E-state index < -0.39 is 0 Å². The summed E-state index contributed by atoms with van der Waals surface area (Å²) in [4.78, 5) is 2.44. The van der Waals surface area contributed by atoms with Crippen LogP contribution in [0.1, 0.15) is 20.8 Å². The lowest BCUT2D eigenvalue weighted by Gasteiger charge is -2.21. The van der Waals surface area contributed by atoms with E-state index in [0.717, 1.165) is 6.61 Å². The summed E-state index contributed by atoms with van der Waals surface area (Å²) >= 11 is 0. The van der Waals surface area contributed by atoms with Crippen LogP contribution in [0.25, 0.3) is 0 Å². The van der Waals surface area contributed by atoms with Gasteiger partial charge >= 0.3 is 0 Å². The molecule has 10 heavy (non-hydrogen) atoms. The molecule has 1 saturated heterocycles. The van der Waals surface area contributed by atoms with E-state index >= 15 is 0 Å². The molecule has 60 valence electrons. The second-order valence-corrected chi connectivity index (χ2v) is 3.93. The number of hydrogen-bond acceptors (Lipinski definition) is 2. The fourth-order valence-electron chi connectivity index (χ4n) is 1.34. The Kier molecular flexibility index (Phi) is 2.02. The normalized spacial score (nSPS) is 32.4. The van der Waals surface area contributed by atoms with Crippen LogP contribution in [0.4, 0.5) is 0 Å². The van der Waals surface area contributed by atoms with Crippen molar-refractivity contribution in [3.63, 3.8) is 0 Å². The molecule has 0 spiro atoms. The maximum Gasteiger partial charge on any atom is 0.0630 e. The molecule has 1 aliphatic heterocycles. The number of ether oxygens (including phenoxy) is 1. The van der Waals surface area contributed by atoms with Crippen LogP contribution in [0.3, 0.4) is 0 Å². The Balaban J connectivity index is 2.25. The number of rotatable bonds is 2. The van der Waals surface area contributed by atoms with Crippen molar-refractivity contribution in [3.8, 4) is 0 Å². The van der Waals surface area contributed by atoms with Crippen LogP contribution in [0, 0.1) is 0 Å². The Morgan fingerprint density at radius 3 is 2.40 bits per heavy atom. The minimum absolute atomic E-state index is 0.337. The molecule has 2 atom stereocenters. The minimum Gasteiger partial charge on any atom is -0.383 e. The first-order valence-electron chi connectivity index (χ1n) is 3.81. The van der Waals surface area contributed by atoms with E-state index in [1.54, 1.807) is 7.11 Å². The molecule has 0 aliphatic carbocycles. The lowest BCUT2D eigenvalue weighted by atomic mass is 10.1. The standard InChI is InChI=1S/C8H17NO/c1-8(2,3)9-5-7(9)6-10-4/h7H,5-6H2,1-4H3. The van der Waals surface area contributed by atoms with E-state index in [-0.39, 0.29) is 0 Å². The second-order valence-electron chi connectivity index (χ2n) is 3.93. The molecule has 2 unspecified atom stereocenters. The molecular weight excluding hydrogens is 126 g/mol. The summed E-state index contributed by atoms with van der Waals surface area (Å²) in [5.41, 5.74) is 0.337. The zero-order valence-corrected chi connectivity index (χ0v) is 7.35. The van der Waals surface area contributed by atoms with E-state index in [1.807, 2.05) is 0 Å². The van der Waals surface area contributed by atoms with Gasteiger partial charge in [0, 0.05) is 25.2 Å². The highest BCUT2D eigenvalue weighted by Crippen LogP contribution is 2.28. The van der Waals surface area contributed by atoms with Crippen molar-refractivity contribution in [1.29, 1.82) is 0 Å². The van der Waals surface area contributed by atoms with Crippen LogP contribution in [0.15, 0.2) is 0 Å². The molecule has 0 aromatic rings. The molecular formula is C8H17NO. The van der Waals surface area contributed by atoms with Crippen molar-refractivity contribution in [2.75, 3.05) is 20.3 Å². The zero-order valence-electron chi connectivity index (χ0n) is 7.35. The van der Waals surface area contributed by atoms with Crippen LogP contribution in [-0.4, -0.2) is 36.7 Å². The van der Waals surface area contributed by atoms with E-state index in [4.69, 9.17) is 4.74 Å². The van der Waals surface area contributed by atoms with Gasteiger partial charge in [-0.25, -0.2) is 0 Å². The number of methoxy groups -OCH3 is 1. The molecule has 1 aliphatic rings. The van der Waals surface area contributed by atoms with Gasteiger partial charge in [0.15, 0.2) is 0 Å². The molecule has 1 fully saturated rings. The second kappa shape index (κ2) is 2.51. The highest BCUT2D eigenvalue weighted by Gasteiger charge is 2.41. The van der Waals surface area contributed by atoms with Gasteiger partial charge in [-0.1, -0.05) is 0 Å². The van der Waals surface area contributed by atoms with E-state index in [9.17, 15) is 0 Å². The maximum atomic E-state index is 5.05. The summed E-state index contributed by atoms with van der Waals surface area (Å²) in [7, 11) is 1.76. The highest BCUT2D eigenvalue weighted by atomic mass is 16.5. The first kappa shape index (κ1) is 8.02. The van der Waals surface area contributed by atoms with Crippen LogP contribution in [0.5, 0.6) is 0 Å². The molecule has 0 saturated carbocycles. The number of hydrogen-bond donors (Lipinski definition) is 0. The Labute approximate surface area is 63.2 Å². The van der Waals surface area contributed by atoms with Crippen molar-refractivity contribution in [2.45, 2.75) is 32.4 Å². The van der Waals surface area contributed by atoms with Gasteiger partial charge in [-0.15, -0.1) is 0 Å². The Morgan fingerprint density at radius 1 is 1.50 bits per heavy atom. The van der Waals surface area contributed by atoms with Gasteiger partial charge < -0.3 is 4.74 Å². The van der Waals surface area contributed by atoms with Crippen molar-refractivity contribution in [1.82, 2.24) is 4.90 Å². The average Bonchev–Trinajstić information content (AvgIpc) is 2.44. The molecule has 0 bridgehead atoms. The summed E-state index contributed by atoms with van der Waals surface area (Å²) in [5.74, 6) is 0. The van der Waals surface area contributed by atoms with E-state index in [2.05, 4.69) is 25.7 Å². The third kappa shape index (κ3) is 1.70. The molecule has 0 radical (unpaired) electrons. The van der Waals surface area contributed by atoms with Gasteiger partial charge in [-0.3, -0.25) is 4.90 Å². The number of nitrogens with zero attached hydrogens (tertiary/aromatic N) is 1. The molecule has 2 nitrogen and oxygen atoms in total. The lowest BCUT2D eigenvalue weighted by Crippen LogP contribution is -2.28. The van der Waals surface area contributed by atoms with Crippen LogP contribution in [-0.2, 0) is 4.74 Å². The third-order valence-corrected chi connectivity index (χ3v) is 1.94. The molecule has 0 aromatic heterocycles. The van der Waals surface area contributed by atoms with Crippen molar-refractivity contribution < 1.29 is 4.74 Å². The smallest absolute Gasteiger partial charge is 0.0630 e. The monoisotopic (exact) mass is 143 g/mol. The van der Waals surface area contributed by atoms with Crippen LogP contribution in [0.2, 0.25) is 0 Å². The quantitative estimate of drug-likeness (QED) is 0.537. The van der Waals surface area contributed by atoms with Gasteiger partial charge in [0.2, 0.25) is 0 Å². The molecule has 2 heteroatoms. The predicted octanol–water partition coefficient (Wildman–Crippen LogP) is 1.12. The first-order chi connectivity index (χ1) is 4.55. The van der Waals surface area contributed by atoms with Gasteiger partial charge in [0.05, 0.1) is 6.61 Å². The Bertz CT molecular complexity index is 117. The highest BCUT2D eigenvalue weighted by molar-refractivity contribution is 4.97. The fraction of sp³-hybridized carbons (Fsp3) is 1.00. The largest absolute Gasteiger partial charge is 0.383 e. The lowest BCUT2D eigenvalue weighted by molar-refractivity contribution is 0.168. The maximum absolute atomic E-state index is 5.05. The van der Waals surface area contributed by atoms with Crippen LogP contribution < -0.4 is 0 Å². The van der Waals surface area contributed by atoms with E-state index in [1.165, 1.54) is 6.54 Å². The minimum atomic E-state index is 0.337. The Morgan fingerprint density at radius 2 is 2.10 bits per heavy atom. The van der Waals surface area contributed by atoms with Crippen molar-refractivity contribution >= 4 is 0 Å². The predicted molar refractivity (Wildman–Crippen MR) is 42.1 cm³/mol.